The van der Waals surface area contributed by atoms with Gasteiger partial charge in [0.2, 0.25) is 13.0 Å². The van der Waals surface area contributed by atoms with Crippen molar-refractivity contribution in [2.45, 2.75) is 6.92 Å². The lowest BCUT2D eigenvalue weighted by molar-refractivity contribution is 0.0926. The first kappa shape index (κ1) is 4.85. The fourth-order valence-corrected chi connectivity index (χ4v) is 3.77. The summed E-state index contributed by atoms with van der Waals surface area (Å²) in [7, 11) is -2.11. The minimum absolute atomic E-state index is 0.141. The summed E-state index contributed by atoms with van der Waals surface area (Å²) in [5.41, 5.74) is 1.40. The van der Waals surface area contributed by atoms with Gasteiger partial charge in [-0.05, 0) is 0 Å². The summed E-state index contributed by atoms with van der Waals surface area (Å²) in [6.45, 7) is 1.42. The monoisotopic (exact) mass is 154 g/mol. The van der Waals surface area contributed by atoms with Gasteiger partial charge in [-0.3, -0.25) is 4.79 Å². The Morgan fingerprint density at radius 1 is 1.70 bits per heavy atom. The average Bonchev–Trinajstić information content (AvgIpc) is 2.57. The Labute approximate surface area is 56.2 Å². The van der Waals surface area contributed by atoms with Crippen LogP contribution in [0.4, 0.5) is 0 Å². The van der Waals surface area contributed by atoms with E-state index >= 15 is 0 Å². The molecule has 0 spiro atoms. The van der Waals surface area contributed by atoms with E-state index in [1.54, 1.807) is 0 Å². The lowest BCUT2D eigenvalue weighted by Gasteiger charge is -1.86. The molecule has 2 bridgehead atoms. The van der Waals surface area contributed by atoms with Gasteiger partial charge >= 0.3 is 0 Å². The molecule has 3 aliphatic heterocycles. The zero-order valence-electron chi connectivity index (χ0n) is 5.16. The van der Waals surface area contributed by atoms with Crippen LogP contribution in [0.3, 0.4) is 0 Å². The van der Waals surface area contributed by atoms with Crippen LogP contribution in [-0.4, -0.2) is 15.7 Å². The predicted molar refractivity (Wildman–Crippen MR) is 35.0 cm³/mol. The van der Waals surface area contributed by atoms with Crippen molar-refractivity contribution in [2.75, 3.05) is 0 Å². The molecule has 0 amide bonds. The molecule has 0 saturated carbocycles. The molecule has 1 atom stereocenters. The van der Waals surface area contributed by atoms with Crippen molar-refractivity contribution in [1.82, 2.24) is 9.78 Å². The Morgan fingerprint density at radius 3 is 2.50 bits per heavy atom. The standard InChI is InChI=1S/C5H3N2O2P/c1-2(8)7-5-3-4(6-7)10(3,5)9/h1H3. The summed E-state index contributed by atoms with van der Waals surface area (Å²) in [6.07, 6.45) is 0. The molecule has 1 aromatic rings. The zero-order chi connectivity index (χ0) is 7.09. The molecule has 1 aromatic heterocycles. The van der Waals surface area contributed by atoms with Crippen LogP contribution < -0.4 is 16.2 Å². The van der Waals surface area contributed by atoms with Crippen molar-refractivity contribution in [3.8, 4) is 0 Å². The van der Waals surface area contributed by atoms with Gasteiger partial charge in [-0.15, -0.1) is 0 Å². The van der Waals surface area contributed by atoms with Gasteiger partial charge in [0.05, 0.1) is 5.30 Å². The van der Waals surface area contributed by atoms with Gasteiger partial charge in [0, 0.05) is 6.92 Å². The van der Waals surface area contributed by atoms with E-state index in [2.05, 4.69) is 5.10 Å². The highest BCUT2D eigenvalue weighted by Gasteiger charge is 2.74. The van der Waals surface area contributed by atoms with E-state index in [0.29, 0.717) is 10.9 Å². The van der Waals surface area contributed by atoms with E-state index in [1.165, 1.54) is 11.6 Å². The Balaban J connectivity index is 2.36. The molecule has 10 heavy (non-hydrogen) atoms. The summed E-state index contributed by atoms with van der Waals surface area (Å²) in [5.74, 6) is -0.141. The number of rotatable bonds is 0. The molecule has 50 valence electrons. The van der Waals surface area contributed by atoms with E-state index in [0.717, 1.165) is 5.30 Å². The molecule has 0 saturated heterocycles. The van der Waals surface area contributed by atoms with Crippen LogP contribution in [0.2, 0.25) is 0 Å². The topological polar surface area (TPSA) is 52.0 Å². The number of nitrogens with zero attached hydrogens (tertiary/aromatic N) is 2. The lowest BCUT2D eigenvalue weighted by atomic mass is 10.7. The number of hydrogen-bond acceptors (Lipinski definition) is 3. The molecular weight excluding hydrogens is 151 g/mol. The van der Waals surface area contributed by atoms with E-state index in [-0.39, 0.29) is 5.91 Å². The largest absolute Gasteiger partial charge is 0.305 e. The van der Waals surface area contributed by atoms with Gasteiger partial charge in [0.1, 0.15) is 10.9 Å². The molecule has 0 N–H and O–H groups in total. The molecule has 5 heteroatoms. The number of carbonyl (C=O) groups excluding carboxylic acids is 1. The third-order valence-electron chi connectivity index (χ3n) is 1.93. The molecular formula is C5H3N2O2P. The Morgan fingerprint density at radius 2 is 2.30 bits per heavy atom. The van der Waals surface area contributed by atoms with E-state index in [9.17, 15) is 9.36 Å². The van der Waals surface area contributed by atoms with Gasteiger partial charge < -0.3 is 4.57 Å². The molecule has 4 heterocycles. The van der Waals surface area contributed by atoms with Crippen LogP contribution >= 0.6 is 7.14 Å². The maximum atomic E-state index is 11.2. The number of carbonyl (C=O) groups is 1. The van der Waals surface area contributed by atoms with Crippen molar-refractivity contribution in [1.29, 1.82) is 0 Å². The first-order valence-corrected chi connectivity index (χ1v) is 4.64. The van der Waals surface area contributed by atoms with Crippen LogP contribution in [0.1, 0.15) is 11.7 Å². The van der Waals surface area contributed by atoms with Crippen LogP contribution in [0.15, 0.2) is 0 Å². The predicted octanol–water partition coefficient (Wildman–Crippen LogP) is -1.19. The zero-order valence-corrected chi connectivity index (χ0v) is 6.05. The molecule has 0 aliphatic carbocycles. The van der Waals surface area contributed by atoms with Crippen molar-refractivity contribution in [2.24, 2.45) is 0 Å². The fourth-order valence-electron chi connectivity index (χ4n) is 1.29. The third kappa shape index (κ3) is 0.242. The quantitative estimate of drug-likeness (QED) is 0.382. The highest BCUT2D eigenvalue weighted by molar-refractivity contribution is 8.06. The van der Waals surface area contributed by atoms with Crippen molar-refractivity contribution in [3.63, 3.8) is 0 Å². The first-order chi connectivity index (χ1) is 4.67. The SMILES string of the molecule is CC(=O)n1nc2c3c1P23=O. The maximum absolute atomic E-state index is 11.2. The van der Waals surface area contributed by atoms with E-state index < -0.39 is 7.14 Å². The summed E-state index contributed by atoms with van der Waals surface area (Å²) in [5, 5.41) is 4.71. The van der Waals surface area contributed by atoms with Crippen LogP contribution in [-0.2, 0) is 4.57 Å². The first-order valence-electron chi connectivity index (χ1n) is 2.93. The van der Waals surface area contributed by atoms with Crippen LogP contribution in [0.25, 0.3) is 0 Å². The number of fused-ring (bicyclic) bond motifs is 1. The Kier molecular flexibility index (Phi) is 0.447. The van der Waals surface area contributed by atoms with Gasteiger partial charge in [-0.2, -0.15) is 9.78 Å². The molecule has 0 radical (unpaired) electrons. The summed E-state index contributed by atoms with van der Waals surface area (Å²) in [6, 6.07) is 0. The van der Waals surface area contributed by atoms with Gasteiger partial charge in [-0.25, -0.2) is 0 Å². The molecule has 3 aliphatic rings. The molecule has 1 unspecified atom stereocenters. The van der Waals surface area contributed by atoms with Crippen LogP contribution in [0, 0.1) is 0 Å². The smallest absolute Gasteiger partial charge is 0.244 e. The number of hydrogen-bond donors (Lipinski definition) is 0. The van der Waals surface area contributed by atoms with Crippen molar-refractivity contribution in [3.05, 3.63) is 0 Å². The van der Waals surface area contributed by atoms with Gasteiger partial charge in [0.25, 0.3) is 0 Å². The fraction of sp³-hybridized carbons (Fsp3) is 0.200. The second-order valence-corrected chi connectivity index (χ2v) is 5.05. The second kappa shape index (κ2) is 0.920. The summed E-state index contributed by atoms with van der Waals surface area (Å²) >= 11 is 0. The average molecular weight is 154 g/mol. The molecule has 0 fully saturated rings. The molecule has 4 rings (SSSR count). The Hall–Kier alpha value is -0.890. The minimum Gasteiger partial charge on any atom is -0.305 e. The van der Waals surface area contributed by atoms with Crippen LogP contribution in [0.5, 0.6) is 0 Å². The summed E-state index contributed by atoms with van der Waals surface area (Å²) in [4.78, 5) is 10.7. The highest BCUT2D eigenvalue weighted by atomic mass is 31.2. The molecule has 0 aromatic carbocycles. The van der Waals surface area contributed by atoms with Gasteiger partial charge in [0.15, 0.2) is 0 Å². The highest BCUT2D eigenvalue weighted by Crippen LogP contribution is 2.65. The normalized spacial score (nSPS) is 29.7. The van der Waals surface area contributed by atoms with E-state index in [1.807, 2.05) is 0 Å². The maximum Gasteiger partial charge on any atom is 0.244 e. The number of aromatic nitrogens is 2. The van der Waals surface area contributed by atoms with Crippen molar-refractivity contribution >= 4 is 29.2 Å². The molecule has 4 nitrogen and oxygen atoms in total. The lowest BCUT2D eigenvalue weighted by Crippen LogP contribution is -2.14. The van der Waals surface area contributed by atoms with Crippen molar-refractivity contribution < 1.29 is 9.36 Å². The summed E-state index contributed by atoms with van der Waals surface area (Å²) < 4.78 is 12.5. The van der Waals surface area contributed by atoms with E-state index in [4.69, 9.17) is 0 Å². The minimum atomic E-state index is -2.11. The Bertz CT molecular complexity index is 422. The van der Waals surface area contributed by atoms with Gasteiger partial charge in [-0.1, -0.05) is 0 Å². The third-order valence-corrected chi connectivity index (χ3v) is 4.45. The second-order valence-electron chi connectivity index (χ2n) is 2.54.